The molecule has 3 rings (SSSR count). The predicted molar refractivity (Wildman–Crippen MR) is 77.9 cm³/mol. The number of nitrogens with zero attached hydrogens (tertiary/aromatic N) is 1. The van der Waals surface area contributed by atoms with Crippen LogP contribution in [0, 0.1) is 0 Å². The van der Waals surface area contributed by atoms with Gasteiger partial charge in [0.05, 0.1) is 0 Å². The van der Waals surface area contributed by atoms with Crippen LogP contribution in [0.25, 0.3) is 0 Å². The van der Waals surface area contributed by atoms with Crippen molar-refractivity contribution in [2.45, 2.75) is 19.6 Å². The molecule has 0 amide bonds. The molecule has 1 heterocycles. The molecule has 0 unspecified atom stereocenters. The van der Waals surface area contributed by atoms with Gasteiger partial charge in [-0.2, -0.15) is 0 Å². The van der Waals surface area contributed by atoms with Gasteiger partial charge in [-0.25, -0.2) is 0 Å². The van der Waals surface area contributed by atoms with Gasteiger partial charge < -0.3 is 5.73 Å². The van der Waals surface area contributed by atoms with Crippen LogP contribution in [0.4, 0.5) is 5.69 Å². The Hall–Kier alpha value is -1.32. The molecule has 0 radical (unpaired) electrons. The van der Waals surface area contributed by atoms with Crippen molar-refractivity contribution in [1.29, 1.82) is 0 Å². The summed E-state index contributed by atoms with van der Waals surface area (Å²) in [5, 5.41) is 0. The number of nitrogen functional groups attached to an aromatic ring is 1. The Morgan fingerprint density at radius 1 is 1.06 bits per heavy atom. The predicted octanol–water partition coefficient (Wildman–Crippen LogP) is 3.55. The average Bonchev–Trinajstić information content (AvgIpc) is 2.76. The van der Waals surface area contributed by atoms with E-state index in [0.29, 0.717) is 0 Å². The Bertz CT molecular complexity index is 580. The monoisotopic (exact) mass is 302 g/mol. The number of nitrogens with two attached hydrogens (primary N) is 1. The number of halogens is 1. The molecule has 0 saturated heterocycles. The fourth-order valence-electron chi connectivity index (χ4n) is 2.50. The molecule has 2 nitrogen and oxygen atoms in total. The third-order valence-electron chi connectivity index (χ3n) is 3.44. The Morgan fingerprint density at radius 2 is 1.89 bits per heavy atom. The number of hydrogen-bond acceptors (Lipinski definition) is 2. The molecule has 18 heavy (non-hydrogen) atoms. The Kier molecular flexibility index (Phi) is 3.10. The van der Waals surface area contributed by atoms with E-state index in [0.717, 1.165) is 25.3 Å². The summed E-state index contributed by atoms with van der Waals surface area (Å²) in [4.78, 5) is 2.42. The molecule has 1 aliphatic rings. The van der Waals surface area contributed by atoms with Crippen molar-refractivity contribution in [3.63, 3.8) is 0 Å². The third kappa shape index (κ3) is 2.16. The number of benzene rings is 2. The molecule has 1 aliphatic heterocycles. The largest absolute Gasteiger partial charge is 0.398 e. The van der Waals surface area contributed by atoms with Crippen molar-refractivity contribution in [3.8, 4) is 0 Å². The normalized spacial score (nSPS) is 14.7. The van der Waals surface area contributed by atoms with Crippen LogP contribution in [0.5, 0.6) is 0 Å². The zero-order valence-electron chi connectivity index (χ0n) is 10.1. The fourth-order valence-corrected chi connectivity index (χ4v) is 2.91. The summed E-state index contributed by atoms with van der Waals surface area (Å²) in [6, 6.07) is 14.6. The van der Waals surface area contributed by atoms with E-state index in [1.165, 1.54) is 21.2 Å². The topological polar surface area (TPSA) is 29.3 Å². The number of fused-ring (bicyclic) bond motifs is 1. The Morgan fingerprint density at radius 3 is 2.67 bits per heavy atom. The van der Waals surface area contributed by atoms with Gasteiger partial charge in [0.25, 0.3) is 0 Å². The van der Waals surface area contributed by atoms with E-state index in [4.69, 9.17) is 5.73 Å². The summed E-state index contributed by atoms with van der Waals surface area (Å²) in [6.07, 6.45) is 0. The molecule has 92 valence electrons. The van der Waals surface area contributed by atoms with Gasteiger partial charge in [-0.3, -0.25) is 4.90 Å². The first-order valence-electron chi connectivity index (χ1n) is 6.06. The maximum absolute atomic E-state index is 6.02. The van der Waals surface area contributed by atoms with Gasteiger partial charge in [-0.1, -0.05) is 46.3 Å². The Balaban J connectivity index is 1.79. The number of hydrogen-bond donors (Lipinski definition) is 1. The van der Waals surface area contributed by atoms with Crippen LogP contribution in [0.3, 0.4) is 0 Å². The molecule has 0 saturated carbocycles. The molecule has 0 aromatic heterocycles. The lowest BCUT2D eigenvalue weighted by atomic mass is 10.1. The first-order valence-corrected chi connectivity index (χ1v) is 6.85. The van der Waals surface area contributed by atoms with Gasteiger partial charge in [-0.05, 0) is 28.8 Å². The van der Waals surface area contributed by atoms with E-state index in [9.17, 15) is 0 Å². The van der Waals surface area contributed by atoms with E-state index >= 15 is 0 Å². The maximum atomic E-state index is 6.02. The lowest BCUT2D eigenvalue weighted by Gasteiger charge is -2.15. The maximum Gasteiger partial charge on any atom is 0.0363 e. The molecule has 0 spiro atoms. The van der Waals surface area contributed by atoms with Crippen molar-refractivity contribution in [2.75, 3.05) is 5.73 Å². The second-order valence-electron chi connectivity index (χ2n) is 4.72. The summed E-state index contributed by atoms with van der Waals surface area (Å²) in [5.74, 6) is 0. The summed E-state index contributed by atoms with van der Waals surface area (Å²) in [5.41, 5.74) is 10.9. The standard InChI is InChI=1S/C15H15BrN2/c16-14-6-2-1-4-12(14)9-18-8-11-5-3-7-15(17)13(11)10-18/h1-7H,8-10,17H2. The minimum absolute atomic E-state index is 0.919. The number of anilines is 1. The van der Waals surface area contributed by atoms with Crippen LogP contribution >= 0.6 is 15.9 Å². The molecule has 3 heteroatoms. The zero-order valence-corrected chi connectivity index (χ0v) is 11.7. The average molecular weight is 303 g/mol. The van der Waals surface area contributed by atoms with Gasteiger partial charge in [0.15, 0.2) is 0 Å². The lowest BCUT2D eigenvalue weighted by molar-refractivity contribution is 0.275. The van der Waals surface area contributed by atoms with Crippen LogP contribution in [0.1, 0.15) is 16.7 Å². The molecule has 2 aromatic carbocycles. The lowest BCUT2D eigenvalue weighted by Crippen LogP contribution is -2.16. The van der Waals surface area contributed by atoms with Crippen molar-refractivity contribution in [2.24, 2.45) is 0 Å². The number of rotatable bonds is 2. The Labute approximate surface area is 116 Å². The minimum Gasteiger partial charge on any atom is -0.398 e. The second-order valence-corrected chi connectivity index (χ2v) is 5.58. The summed E-state index contributed by atoms with van der Waals surface area (Å²) in [7, 11) is 0. The van der Waals surface area contributed by atoms with Gasteiger partial charge in [0.2, 0.25) is 0 Å². The fraction of sp³-hybridized carbons (Fsp3) is 0.200. The summed E-state index contributed by atoms with van der Waals surface area (Å²) >= 11 is 3.60. The molecule has 0 fully saturated rings. The van der Waals surface area contributed by atoms with Gasteiger partial charge in [-0.15, -0.1) is 0 Å². The van der Waals surface area contributed by atoms with Crippen molar-refractivity contribution >= 4 is 21.6 Å². The highest BCUT2D eigenvalue weighted by Crippen LogP contribution is 2.29. The van der Waals surface area contributed by atoms with E-state index in [2.05, 4.69) is 45.1 Å². The van der Waals surface area contributed by atoms with E-state index in [1.54, 1.807) is 0 Å². The highest BCUT2D eigenvalue weighted by molar-refractivity contribution is 9.10. The zero-order chi connectivity index (χ0) is 12.5. The molecule has 2 N–H and O–H groups in total. The van der Waals surface area contributed by atoms with Gasteiger partial charge >= 0.3 is 0 Å². The highest BCUT2D eigenvalue weighted by Gasteiger charge is 2.20. The van der Waals surface area contributed by atoms with Crippen LogP contribution in [0.15, 0.2) is 46.9 Å². The van der Waals surface area contributed by atoms with Gasteiger partial charge in [0, 0.05) is 29.8 Å². The third-order valence-corrected chi connectivity index (χ3v) is 4.21. The summed E-state index contributed by atoms with van der Waals surface area (Å²) < 4.78 is 1.17. The molecule has 0 aliphatic carbocycles. The SMILES string of the molecule is Nc1cccc2c1CN(Cc1ccccc1Br)C2. The smallest absolute Gasteiger partial charge is 0.0363 e. The minimum atomic E-state index is 0.919. The second kappa shape index (κ2) is 4.75. The van der Waals surface area contributed by atoms with E-state index in [-0.39, 0.29) is 0 Å². The highest BCUT2D eigenvalue weighted by atomic mass is 79.9. The van der Waals surface area contributed by atoms with E-state index < -0.39 is 0 Å². The first-order chi connectivity index (χ1) is 8.74. The van der Waals surface area contributed by atoms with Crippen molar-refractivity contribution in [3.05, 3.63) is 63.6 Å². The summed E-state index contributed by atoms with van der Waals surface area (Å²) in [6.45, 7) is 2.89. The molecule has 0 atom stereocenters. The van der Waals surface area contributed by atoms with Crippen molar-refractivity contribution in [1.82, 2.24) is 4.90 Å². The van der Waals surface area contributed by atoms with E-state index in [1.807, 2.05) is 18.2 Å². The quantitative estimate of drug-likeness (QED) is 0.860. The molecule has 0 bridgehead atoms. The van der Waals surface area contributed by atoms with Gasteiger partial charge in [0.1, 0.15) is 0 Å². The van der Waals surface area contributed by atoms with Crippen LogP contribution in [0.2, 0.25) is 0 Å². The molecular formula is C15H15BrN2. The van der Waals surface area contributed by atoms with Crippen molar-refractivity contribution < 1.29 is 0 Å². The first kappa shape index (κ1) is 11.8. The molecular weight excluding hydrogens is 288 g/mol. The van der Waals surface area contributed by atoms with Crippen LogP contribution in [-0.4, -0.2) is 4.90 Å². The van der Waals surface area contributed by atoms with Crippen LogP contribution < -0.4 is 5.73 Å². The van der Waals surface area contributed by atoms with Crippen LogP contribution in [-0.2, 0) is 19.6 Å². The molecule has 2 aromatic rings.